The zero-order valence-corrected chi connectivity index (χ0v) is 18.0. The SMILES string of the molecule is COc1ccccc1CNC(=O)COC(=O)c1ccc(N2CCCCCC2)c([N+](=O)[O-])c1. The second-order valence-corrected chi connectivity index (χ2v) is 7.53. The number of methoxy groups -OCH3 is 1. The summed E-state index contributed by atoms with van der Waals surface area (Å²) in [6.45, 7) is 1.22. The molecule has 0 aromatic heterocycles. The Kier molecular flexibility index (Phi) is 8.02. The minimum Gasteiger partial charge on any atom is -0.496 e. The van der Waals surface area contributed by atoms with Crippen LogP contribution in [0.2, 0.25) is 0 Å². The molecule has 1 N–H and O–H groups in total. The number of nitro groups is 1. The fourth-order valence-electron chi connectivity index (χ4n) is 3.68. The fraction of sp³-hybridized carbons (Fsp3) is 0.391. The number of nitro benzene ring substituents is 1. The molecule has 170 valence electrons. The summed E-state index contributed by atoms with van der Waals surface area (Å²) in [6, 6.07) is 11.6. The molecule has 1 fully saturated rings. The maximum Gasteiger partial charge on any atom is 0.338 e. The molecule has 0 bridgehead atoms. The summed E-state index contributed by atoms with van der Waals surface area (Å²) >= 11 is 0. The lowest BCUT2D eigenvalue weighted by molar-refractivity contribution is -0.384. The molecule has 3 rings (SSSR count). The molecule has 1 saturated heterocycles. The summed E-state index contributed by atoms with van der Waals surface area (Å²) in [5.41, 5.74) is 1.19. The van der Waals surface area contributed by atoms with E-state index in [1.807, 2.05) is 23.1 Å². The molecule has 9 heteroatoms. The normalized spacial score (nSPS) is 13.7. The van der Waals surface area contributed by atoms with Crippen LogP contribution < -0.4 is 15.0 Å². The van der Waals surface area contributed by atoms with Crippen LogP contribution in [0.5, 0.6) is 5.75 Å². The van der Waals surface area contributed by atoms with Crippen molar-refractivity contribution >= 4 is 23.3 Å². The number of hydrogen-bond acceptors (Lipinski definition) is 7. The summed E-state index contributed by atoms with van der Waals surface area (Å²) in [4.78, 5) is 37.6. The zero-order chi connectivity index (χ0) is 22.9. The van der Waals surface area contributed by atoms with Crippen molar-refractivity contribution in [2.45, 2.75) is 32.2 Å². The topological polar surface area (TPSA) is 111 Å². The second-order valence-electron chi connectivity index (χ2n) is 7.53. The molecule has 0 atom stereocenters. The largest absolute Gasteiger partial charge is 0.496 e. The van der Waals surface area contributed by atoms with Crippen molar-refractivity contribution in [3.63, 3.8) is 0 Å². The van der Waals surface area contributed by atoms with Crippen molar-refractivity contribution in [2.75, 3.05) is 31.7 Å². The van der Waals surface area contributed by atoms with Crippen molar-refractivity contribution in [1.82, 2.24) is 5.32 Å². The maximum absolute atomic E-state index is 12.4. The van der Waals surface area contributed by atoms with Gasteiger partial charge in [-0.2, -0.15) is 0 Å². The lowest BCUT2D eigenvalue weighted by Crippen LogP contribution is -2.28. The standard InChI is InChI=1S/C23H27N3O6/c1-31-21-9-5-4-8-18(21)15-24-22(27)16-32-23(28)17-10-11-19(20(14-17)26(29)30)25-12-6-2-3-7-13-25/h4-5,8-11,14H,2-3,6-7,12-13,15-16H2,1H3,(H,24,27). The summed E-state index contributed by atoms with van der Waals surface area (Å²) in [6.07, 6.45) is 4.16. The zero-order valence-electron chi connectivity index (χ0n) is 18.0. The van der Waals surface area contributed by atoms with Crippen molar-refractivity contribution in [2.24, 2.45) is 0 Å². The Labute approximate surface area is 186 Å². The third kappa shape index (κ3) is 5.96. The Morgan fingerprint density at radius 3 is 2.50 bits per heavy atom. The van der Waals surface area contributed by atoms with Crippen LogP contribution in [0.15, 0.2) is 42.5 Å². The van der Waals surface area contributed by atoms with Gasteiger partial charge in [-0.05, 0) is 31.0 Å². The van der Waals surface area contributed by atoms with Gasteiger partial charge in [-0.3, -0.25) is 14.9 Å². The highest BCUT2D eigenvalue weighted by molar-refractivity contribution is 5.93. The van der Waals surface area contributed by atoms with Gasteiger partial charge in [0.05, 0.1) is 17.6 Å². The number of ether oxygens (including phenoxy) is 2. The molecule has 2 aromatic carbocycles. The van der Waals surface area contributed by atoms with Gasteiger partial charge in [0.25, 0.3) is 11.6 Å². The number of hydrogen-bond donors (Lipinski definition) is 1. The lowest BCUT2D eigenvalue weighted by atomic mass is 10.1. The van der Waals surface area contributed by atoms with Crippen LogP contribution >= 0.6 is 0 Å². The first-order valence-corrected chi connectivity index (χ1v) is 10.6. The van der Waals surface area contributed by atoms with E-state index in [0.717, 1.165) is 44.3 Å². The molecule has 0 saturated carbocycles. The van der Waals surface area contributed by atoms with E-state index < -0.39 is 23.4 Å². The van der Waals surface area contributed by atoms with Crippen LogP contribution in [0.1, 0.15) is 41.6 Å². The molecule has 0 spiro atoms. The highest BCUT2D eigenvalue weighted by Crippen LogP contribution is 2.31. The highest BCUT2D eigenvalue weighted by Gasteiger charge is 2.23. The first-order valence-electron chi connectivity index (χ1n) is 10.6. The average molecular weight is 441 g/mol. The van der Waals surface area contributed by atoms with Crippen LogP contribution in [0, 0.1) is 10.1 Å². The number of nitrogens with one attached hydrogen (secondary N) is 1. The molecule has 0 radical (unpaired) electrons. The molecule has 0 unspecified atom stereocenters. The minimum atomic E-state index is -0.789. The van der Waals surface area contributed by atoms with E-state index >= 15 is 0 Å². The lowest BCUT2D eigenvalue weighted by Gasteiger charge is -2.22. The summed E-state index contributed by atoms with van der Waals surface area (Å²) in [5.74, 6) is -0.635. The van der Waals surface area contributed by atoms with Crippen molar-refractivity contribution in [3.8, 4) is 5.75 Å². The van der Waals surface area contributed by atoms with E-state index in [1.165, 1.54) is 12.1 Å². The molecule has 0 aliphatic carbocycles. The van der Waals surface area contributed by atoms with Crippen molar-refractivity contribution in [3.05, 3.63) is 63.7 Å². The smallest absolute Gasteiger partial charge is 0.338 e. The van der Waals surface area contributed by atoms with E-state index in [9.17, 15) is 19.7 Å². The predicted molar refractivity (Wildman–Crippen MR) is 119 cm³/mol. The first-order chi connectivity index (χ1) is 15.5. The molecule has 32 heavy (non-hydrogen) atoms. The van der Waals surface area contributed by atoms with Gasteiger partial charge in [-0.1, -0.05) is 31.0 Å². The highest BCUT2D eigenvalue weighted by atomic mass is 16.6. The Hall–Kier alpha value is -3.62. The Bertz CT molecular complexity index is 970. The van der Waals surface area contributed by atoms with Crippen LogP contribution in [0.25, 0.3) is 0 Å². The molecule has 1 amide bonds. The average Bonchev–Trinajstić information content (AvgIpc) is 3.10. The molecule has 1 aliphatic rings. The number of para-hydroxylation sites is 1. The van der Waals surface area contributed by atoms with Gasteiger partial charge in [0, 0.05) is 31.3 Å². The van der Waals surface area contributed by atoms with Gasteiger partial charge in [0.2, 0.25) is 0 Å². The quantitative estimate of drug-likeness (QED) is 0.379. The van der Waals surface area contributed by atoms with Gasteiger partial charge in [0.1, 0.15) is 11.4 Å². The van der Waals surface area contributed by atoms with Crippen LogP contribution in [0.3, 0.4) is 0 Å². The van der Waals surface area contributed by atoms with E-state index in [-0.39, 0.29) is 17.8 Å². The van der Waals surface area contributed by atoms with Gasteiger partial charge in [-0.25, -0.2) is 4.79 Å². The predicted octanol–water partition coefficient (Wildman–Crippen LogP) is 3.46. The third-order valence-electron chi connectivity index (χ3n) is 5.36. The van der Waals surface area contributed by atoms with Gasteiger partial charge < -0.3 is 19.7 Å². The minimum absolute atomic E-state index is 0.0350. The third-order valence-corrected chi connectivity index (χ3v) is 5.36. The molecule has 1 heterocycles. The molecule has 2 aromatic rings. The Morgan fingerprint density at radius 1 is 1.09 bits per heavy atom. The summed E-state index contributed by atoms with van der Waals surface area (Å²) in [7, 11) is 1.54. The summed E-state index contributed by atoms with van der Waals surface area (Å²) in [5, 5.41) is 14.3. The number of anilines is 1. The van der Waals surface area contributed by atoms with E-state index in [2.05, 4.69) is 5.32 Å². The maximum atomic E-state index is 12.4. The Morgan fingerprint density at radius 2 is 1.81 bits per heavy atom. The number of esters is 1. The molecule has 1 aliphatic heterocycles. The first kappa shape index (κ1) is 23.1. The van der Waals surface area contributed by atoms with Gasteiger partial charge in [0.15, 0.2) is 6.61 Å². The van der Waals surface area contributed by atoms with Gasteiger partial charge in [-0.15, -0.1) is 0 Å². The molecular formula is C23H27N3O6. The van der Waals surface area contributed by atoms with Gasteiger partial charge >= 0.3 is 5.97 Å². The number of carbonyl (C=O) groups excluding carboxylic acids is 2. The molecular weight excluding hydrogens is 414 g/mol. The molecule has 9 nitrogen and oxygen atoms in total. The summed E-state index contributed by atoms with van der Waals surface area (Å²) < 4.78 is 10.3. The fourth-order valence-corrected chi connectivity index (χ4v) is 3.68. The number of carbonyl (C=O) groups is 2. The van der Waals surface area contributed by atoms with E-state index in [4.69, 9.17) is 9.47 Å². The number of benzene rings is 2. The second kappa shape index (κ2) is 11.1. The number of rotatable bonds is 8. The number of nitrogens with zero attached hydrogens (tertiary/aromatic N) is 2. The monoisotopic (exact) mass is 441 g/mol. The number of amides is 1. The van der Waals surface area contributed by atoms with E-state index in [1.54, 1.807) is 19.2 Å². The van der Waals surface area contributed by atoms with Crippen molar-refractivity contribution < 1.29 is 24.0 Å². The van der Waals surface area contributed by atoms with E-state index in [0.29, 0.717) is 11.4 Å². The van der Waals surface area contributed by atoms with Crippen LogP contribution in [-0.4, -0.2) is 43.6 Å². The van der Waals surface area contributed by atoms with Crippen LogP contribution in [-0.2, 0) is 16.1 Å². The van der Waals surface area contributed by atoms with Crippen LogP contribution in [0.4, 0.5) is 11.4 Å². The Balaban J connectivity index is 1.60. The van der Waals surface area contributed by atoms with Crippen molar-refractivity contribution in [1.29, 1.82) is 0 Å².